The number of ether oxygens (including phenoxy) is 1. The van der Waals surface area contributed by atoms with Crippen LogP contribution in [0.1, 0.15) is 26.2 Å². The van der Waals surface area contributed by atoms with Crippen LogP contribution < -0.4 is 0 Å². The molecule has 0 radical (unpaired) electrons. The molecule has 0 heterocycles. The number of methoxy groups -OCH3 is 1. The first-order valence-electron chi connectivity index (χ1n) is 4.40. The third-order valence-corrected chi connectivity index (χ3v) is 2.77. The van der Waals surface area contributed by atoms with Gasteiger partial charge in [0.05, 0.1) is 12.0 Å². The Bertz CT molecular complexity index is 167. The van der Waals surface area contributed by atoms with E-state index in [4.69, 9.17) is 9.84 Å². The summed E-state index contributed by atoms with van der Waals surface area (Å²) in [5.41, 5.74) is 0. The lowest BCUT2D eigenvalue weighted by Crippen LogP contribution is -2.31. The zero-order chi connectivity index (χ0) is 9.14. The van der Waals surface area contributed by atoms with Gasteiger partial charge in [-0.1, -0.05) is 6.92 Å². The third kappa shape index (κ3) is 1.97. The number of carbonyl (C=O) groups is 1. The average Bonchev–Trinajstić information content (AvgIpc) is 2.03. The fourth-order valence-electron chi connectivity index (χ4n) is 1.93. The second-order valence-electron chi connectivity index (χ2n) is 3.59. The molecule has 0 aromatic heterocycles. The monoisotopic (exact) mass is 172 g/mol. The van der Waals surface area contributed by atoms with Gasteiger partial charge in [-0.05, 0) is 25.2 Å². The van der Waals surface area contributed by atoms with E-state index in [1.165, 1.54) is 0 Å². The SMILES string of the molecule is CO[C@@H]1CC[C@H](C(=O)O)[C@H](C)C1. The van der Waals surface area contributed by atoms with E-state index in [2.05, 4.69) is 0 Å². The maximum atomic E-state index is 10.7. The molecule has 0 aliphatic heterocycles. The van der Waals surface area contributed by atoms with Crippen LogP contribution in [-0.4, -0.2) is 24.3 Å². The summed E-state index contributed by atoms with van der Waals surface area (Å²) in [4.78, 5) is 10.7. The van der Waals surface area contributed by atoms with Gasteiger partial charge < -0.3 is 9.84 Å². The van der Waals surface area contributed by atoms with Crippen molar-refractivity contribution in [3.63, 3.8) is 0 Å². The maximum Gasteiger partial charge on any atom is 0.306 e. The lowest BCUT2D eigenvalue weighted by atomic mass is 9.79. The van der Waals surface area contributed by atoms with Crippen LogP contribution in [0, 0.1) is 11.8 Å². The Labute approximate surface area is 72.7 Å². The highest BCUT2D eigenvalue weighted by atomic mass is 16.5. The Morgan fingerprint density at radius 2 is 2.17 bits per heavy atom. The molecular weight excluding hydrogens is 156 g/mol. The normalized spacial score (nSPS) is 36.3. The Hall–Kier alpha value is -0.570. The number of carboxylic acids is 1. The average molecular weight is 172 g/mol. The molecule has 0 bridgehead atoms. The first-order chi connectivity index (χ1) is 5.65. The van der Waals surface area contributed by atoms with E-state index in [-0.39, 0.29) is 17.9 Å². The molecule has 0 unspecified atom stereocenters. The van der Waals surface area contributed by atoms with Crippen LogP contribution in [-0.2, 0) is 9.53 Å². The molecule has 0 aromatic rings. The van der Waals surface area contributed by atoms with Crippen molar-refractivity contribution in [3.8, 4) is 0 Å². The topological polar surface area (TPSA) is 46.5 Å². The van der Waals surface area contributed by atoms with Gasteiger partial charge in [-0.25, -0.2) is 0 Å². The second-order valence-corrected chi connectivity index (χ2v) is 3.59. The fourth-order valence-corrected chi connectivity index (χ4v) is 1.93. The predicted octanol–water partition coefficient (Wildman–Crippen LogP) is 1.52. The van der Waals surface area contributed by atoms with Crippen molar-refractivity contribution in [2.24, 2.45) is 11.8 Å². The molecule has 0 amide bonds. The summed E-state index contributed by atoms with van der Waals surface area (Å²) >= 11 is 0. The zero-order valence-corrected chi connectivity index (χ0v) is 7.62. The molecule has 1 saturated carbocycles. The molecule has 3 heteroatoms. The first kappa shape index (κ1) is 9.52. The predicted molar refractivity (Wildman–Crippen MR) is 44.9 cm³/mol. The van der Waals surface area contributed by atoms with Crippen LogP contribution in [0.15, 0.2) is 0 Å². The summed E-state index contributed by atoms with van der Waals surface area (Å²) < 4.78 is 5.20. The van der Waals surface area contributed by atoms with Crippen molar-refractivity contribution in [3.05, 3.63) is 0 Å². The second kappa shape index (κ2) is 3.90. The highest BCUT2D eigenvalue weighted by molar-refractivity contribution is 5.70. The van der Waals surface area contributed by atoms with Gasteiger partial charge in [0.2, 0.25) is 0 Å². The zero-order valence-electron chi connectivity index (χ0n) is 7.62. The van der Waals surface area contributed by atoms with Crippen LogP contribution in [0.2, 0.25) is 0 Å². The summed E-state index contributed by atoms with van der Waals surface area (Å²) in [5.74, 6) is -0.561. The van der Waals surface area contributed by atoms with Crippen LogP contribution >= 0.6 is 0 Å². The van der Waals surface area contributed by atoms with Gasteiger partial charge in [-0.3, -0.25) is 4.79 Å². The van der Waals surface area contributed by atoms with Crippen molar-refractivity contribution in [1.82, 2.24) is 0 Å². The van der Waals surface area contributed by atoms with Crippen molar-refractivity contribution < 1.29 is 14.6 Å². The van der Waals surface area contributed by atoms with Crippen LogP contribution in [0.25, 0.3) is 0 Å². The Kier molecular flexibility index (Phi) is 3.09. The highest BCUT2D eigenvalue weighted by Gasteiger charge is 2.31. The molecule has 0 spiro atoms. The van der Waals surface area contributed by atoms with Gasteiger partial charge in [0.15, 0.2) is 0 Å². The van der Waals surface area contributed by atoms with Crippen LogP contribution in [0.3, 0.4) is 0 Å². The van der Waals surface area contributed by atoms with E-state index < -0.39 is 5.97 Å². The minimum absolute atomic E-state index is 0.156. The summed E-state index contributed by atoms with van der Waals surface area (Å²) in [6.45, 7) is 1.99. The molecule has 1 aliphatic rings. The van der Waals surface area contributed by atoms with E-state index in [9.17, 15) is 4.79 Å². The standard InChI is InChI=1S/C9H16O3/c1-6-5-7(12-2)3-4-8(6)9(10)11/h6-8H,3-5H2,1-2H3,(H,10,11)/t6-,7-,8+/m1/s1. The summed E-state index contributed by atoms with van der Waals surface area (Å²) in [6, 6.07) is 0. The quantitative estimate of drug-likeness (QED) is 0.687. The number of carboxylic acid groups (broad SMARTS) is 1. The molecule has 0 saturated heterocycles. The molecule has 0 aromatic carbocycles. The number of aliphatic carboxylic acids is 1. The largest absolute Gasteiger partial charge is 0.481 e. The summed E-state index contributed by atoms with van der Waals surface area (Å²) in [7, 11) is 1.69. The van der Waals surface area contributed by atoms with Gasteiger partial charge in [0.1, 0.15) is 0 Å². The molecule has 12 heavy (non-hydrogen) atoms. The van der Waals surface area contributed by atoms with E-state index >= 15 is 0 Å². The molecule has 70 valence electrons. The van der Waals surface area contributed by atoms with Gasteiger partial charge >= 0.3 is 5.97 Å². The van der Waals surface area contributed by atoms with E-state index in [0.717, 1.165) is 19.3 Å². The van der Waals surface area contributed by atoms with Crippen molar-refractivity contribution in [2.45, 2.75) is 32.3 Å². The number of hydrogen-bond acceptors (Lipinski definition) is 2. The lowest BCUT2D eigenvalue weighted by molar-refractivity contribution is -0.145. The molecule has 1 rings (SSSR count). The van der Waals surface area contributed by atoms with E-state index in [1.54, 1.807) is 7.11 Å². The molecular formula is C9H16O3. The van der Waals surface area contributed by atoms with Crippen molar-refractivity contribution >= 4 is 5.97 Å². The number of hydrogen-bond donors (Lipinski definition) is 1. The minimum atomic E-state index is -0.656. The Morgan fingerprint density at radius 1 is 1.50 bits per heavy atom. The van der Waals surface area contributed by atoms with Crippen molar-refractivity contribution in [1.29, 1.82) is 0 Å². The summed E-state index contributed by atoms with van der Waals surface area (Å²) in [5, 5.41) is 8.83. The highest BCUT2D eigenvalue weighted by Crippen LogP contribution is 2.31. The third-order valence-electron chi connectivity index (χ3n) is 2.77. The van der Waals surface area contributed by atoms with Crippen LogP contribution in [0.5, 0.6) is 0 Å². The van der Waals surface area contributed by atoms with Gasteiger partial charge in [-0.15, -0.1) is 0 Å². The fraction of sp³-hybridized carbons (Fsp3) is 0.889. The van der Waals surface area contributed by atoms with Gasteiger partial charge in [0, 0.05) is 7.11 Å². The molecule has 3 nitrogen and oxygen atoms in total. The summed E-state index contributed by atoms with van der Waals surface area (Å²) in [6.07, 6.45) is 2.80. The maximum absolute atomic E-state index is 10.7. The minimum Gasteiger partial charge on any atom is -0.481 e. The van der Waals surface area contributed by atoms with E-state index in [1.807, 2.05) is 6.92 Å². The Morgan fingerprint density at radius 3 is 2.58 bits per heavy atom. The first-order valence-corrected chi connectivity index (χ1v) is 4.40. The number of rotatable bonds is 2. The van der Waals surface area contributed by atoms with Gasteiger partial charge in [-0.2, -0.15) is 0 Å². The van der Waals surface area contributed by atoms with Gasteiger partial charge in [0.25, 0.3) is 0 Å². The lowest BCUT2D eigenvalue weighted by Gasteiger charge is -2.30. The molecule has 1 fully saturated rings. The smallest absolute Gasteiger partial charge is 0.306 e. The molecule has 1 aliphatic carbocycles. The van der Waals surface area contributed by atoms with Crippen molar-refractivity contribution in [2.75, 3.05) is 7.11 Å². The van der Waals surface area contributed by atoms with Crippen LogP contribution in [0.4, 0.5) is 0 Å². The molecule has 3 atom stereocenters. The molecule has 1 N–H and O–H groups in total. The Balaban J connectivity index is 2.47. The van der Waals surface area contributed by atoms with E-state index in [0.29, 0.717) is 0 Å².